The summed E-state index contributed by atoms with van der Waals surface area (Å²) in [6.45, 7) is 0. The molecule has 0 bridgehead atoms. The number of nitrogens with zero attached hydrogens (tertiary/aromatic N) is 1. The van der Waals surface area contributed by atoms with E-state index in [-0.39, 0.29) is 5.75 Å². The van der Waals surface area contributed by atoms with Crippen LogP contribution in [0, 0.1) is 5.82 Å². The average Bonchev–Trinajstić information content (AvgIpc) is 2.81. The van der Waals surface area contributed by atoms with Gasteiger partial charge in [-0.1, -0.05) is 12.1 Å². The summed E-state index contributed by atoms with van der Waals surface area (Å²) in [6.07, 6.45) is 0. The van der Waals surface area contributed by atoms with Gasteiger partial charge in [-0.3, -0.25) is 0 Å². The predicted octanol–water partition coefficient (Wildman–Crippen LogP) is 3.45. The fraction of sp³-hybridized carbons (Fsp3) is 0.0714. The molecule has 3 rings (SSSR count). The Hall–Kier alpha value is -2.56. The lowest BCUT2D eigenvalue weighted by Crippen LogP contribution is -1.94. The molecule has 2 N–H and O–H groups in total. The first-order valence-corrected chi connectivity index (χ1v) is 5.81. The molecule has 0 amide bonds. The van der Waals surface area contributed by atoms with Crippen LogP contribution in [-0.2, 0) is 0 Å². The molecule has 0 aliphatic carbocycles. The maximum atomic E-state index is 13.6. The fourth-order valence-electron chi connectivity index (χ4n) is 1.89. The van der Waals surface area contributed by atoms with Gasteiger partial charge in [-0.25, -0.2) is 9.37 Å². The third-order valence-corrected chi connectivity index (χ3v) is 2.80. The summed E-state index contributed by atoms with van der Waals surface area (Å²) in [4.78, 5) is 7.48. The number of halogens is 1. The minimum Gasteiger partial charge on any atom is -0.494 e. The number of fused-ring (bicyclic) bond motifs is 1. The number of methoxy groups -OCH3 is 1. The standard InChI is InChI=1S/C14H12FN3O/c1-19-13-7-6-9(8-10(13)15)16-14-17-11-4-2-3-5-12(11)18-14/h2-8H,1H3,(H2,16,17,18). The zero-order valence-electron chi connectivity index (χ0n) is 10.3. The second kappa shape index (κ2) is 4.61. The lowest BCUT2D eigenvalue weighted by molar-refractivity contribution is 0.386. The maximum Gasteiger partial charge on any atom is 0.205 e. The highest BCUT2D eigenvalue weighted by atomic mass is 19.1. The molecule has 0 saturated carbocycles. The molecular weight excluding hydrogens is 245 g/mol. The fourth-order valence-corrected chi connectivity index (χ4v) is 1.89. The van der Waals surface area contributed by atoms with Gasteiger partial charge < -0.3 is 15.0 Å². The van der Waals surface area contributed by atoms with Gasteiger partial charge in [-0.2, -0.15) is 0 Å². The molecule has 0 unspecified atom stereocenters. The highest BCUT2D eigenvalue weighted by Gasteiger charge is 2.06. The van der Waals surface area contributed by atoms with Crippen molar-refractivity contribution in [2.45, 2.75) is 0 Å². The van der Waals surface area contributed by atoms with Gasteiger partial charge in [0.1, 0.15) is 0 Å². The van der Waals surface area contributed by atoms with Crippen molar-refractivity contribution in [3.05, 3.63) is 48.3 Å². The zero-order valence-corrected chi connectivity index (χ0v) is 10.3. The Kier molecular flexibility index (Phi) is 2.79. The van der Waals surface area contributed by atoms with E-state index in [1.807, 2.05) is 24.3 Å². The van der Waals surface area contributed by atoms with Gasteiger partial charge in [0.25, 0.3) is 0 Å². The molecule has 5 heteroatoms. The molecule has 19 heavy (non-hydrogen) atoms. The number of rotatable bonds is 3. The SMILES string of the molecule is COc1ccc(Nc2nc3ccccc3[nH]2)cc1F. The summed E-state index contributed by atoms with van der Waals surface area (Å²) < 4.78 is 18.4. The van der Waals surface area contributed by atoms with Gasteiger partial charge in [0.2, 0.25) is 5.95 Å². The van der Waals surface area contributed by atoms with E-state index in [2.05, 4.69) is 15.3 Å². The van der Waals surface area contributed by atoms with Crippen molar-refractivity contribution in [2.75, 3.05) is 12.4 Å². The van der Waals surface area contributed by atoms with Crippen molar-refractivity contribution in [1.82, 2.24) is 9.97 Å². The van der Waals surface area contributed by atoms with Gasteiger partial charge in [0.05, 0.1) is 18.1 Å². The summed E-state index contributed by atoms with van der Waals surface area (Å²) in [7, 11) is 1.44. The third-order valence-electron chi connectivity index (χ3n) is 2.80. The lowest BCUT2D eigenvalue weighted by atomic mass is 10.3. The second-order valence-corrected chi connectivity index (χ2v) is 4.08. The summed E-state index contributed by atoms with van der Waals surface area (Å²) in [5.74, 6) is 0.379. The number of aromatic amines is 1. The Balaban J connectivity index is 1.90. The summed E-state index contributed by atoms with van der Waals surface area (Å²) in [6, 6.07) is 12.4. The van der Waals surface area contributed by atoms with E-state index in [0.717, 1.165) is 11.0 Å². The molecule has 0 aliphatic rings. The van der Waals surface area contributed by atoms with Crippen LogP contribution in [0.2, 0.25) is 0 Å². The van der Waals surface area contributed by atoms with Gasteiger partial charge in [-0.05, 0) is 24.3 Å². The number of ether oxygens (including phenoxy) is 1. The number of hydrogen-bond acceptors (Lipinski definition) is 3. The minimum absolute atomic E-state index is 0.218. The van der Waals surface area contributed by atoms with E-state index in [9.17, 15) is 4.39 Å². The molecule has 0 fully saturated rings. The Morgan fingerprint density at radius 2 is 2.05 bits per heavy atom. The van der Waals surface area contributed by atoms with Crippen molar-refractivity contribution in [3.8, 4) is 5.75 Å². The molecule has 1 aromatic heterocycles. The average molecular weight is 257 g/mol. The Bertz CT molecular complexity index is 691. The maximum absolute atomic E-state index is 13.6. The molecule has 0 spiro atoms. The molecular formula is C14H12FN3O. The van der Waals surface area contributed by atoms with E-state index in [4.69, 9.17) is 4.74 Å². The number of aromatic nitrogens is 2. The number of H-pyrrole nitrogens is 1. The first-order chi connectivity index (χ1) is 9.26. The van der Waals surface area contributed by atoms with Crippen LogP contribution in [0.25, 0.3) is 11.0 Å². The van der Waals surface area contributed by atoms with Crippen molar-refractivity contribution in [2.24, 2.45) is 0 Å². The Morgan fingerprint density at radius 1 is 1.21 bits per heavy atom. The van der Waals surface area contributed by atoms with Crippen LogP contribution in [0.5, 0.6) is 5.75 Å². The summed E-state index contributed by atoms with van der Waals surface area (Å²) in [5, 5.41) is 3.02. The molecule has 0 atom stereocenters. The summed E-state index contributed by atoms with van der Waals surface area (Å²) in [5.41, 5.74) is 2.40. The van der Waals surface area contributed by atoms with Crippen molar-refractivity contribution in [3.63, 3.8) is 0 Å². The monoisotopic (exact) mass is 257 g/mol. The number of benzene rings is 2. The smallest absolute Gasteiger partial charge is 0.205 e. The van der Waals surface area contributed by atoms with Crippen LogP contribution < -0.4 is 10.1 Å². The molecule has 0 aliphatic heterocycles. The van der Waals surface area contributed by atoms with E-state index in [0.29, 0.717) is 11.6 Å². The predicted molar refractivity (Wildman–Crippen MR) is 72.3 cm³/mol. The van der Waals surface area contributed by atoms with E-state index < -0.39 is 5.82 Å². The van der Waals surface area contributed by atoms with Crippen molar-refractivity contribution < 1.29 is 9.13 Å². The quantitative estimate of drug-likeness (QED) is 0.755. The van der Waals surface area contributed by atoms with Crippen LogP contribution in [0.15, 0.2) is 42.5 Å². The van der Waals surface area contributed by atoms with Crippen molar-refractivity contribution in [1.29, 1.82) is 0 Å². The third kappa shape index (κ3) is 2.22. The van der Waals surface area contributed by atoms with Gasteiger partial charge >= 0.3 is 0 Å². The molecule has 2 aromatic carbocycles. The topological polar surface area (TPSA) is 49.9 Å². The molecule has 1 heterocycles. The minimum atomic E-state index is -0.413. The van der Waals surface area contributed by atoms with Crippen molar-refractivity contribution >= 4 is 22.7 Å². The van der Waals surface area contributed by atoms with E-state index in [1.165, 1.54) is 13.2 Å². The van der Waals surface area contributed by atoms with Gasteiger partial charge in [-0.15, -0.1) is 0 Å². The van der Waals surface area contributed by atoms with Crippen LogP contribution >= 0.6 is 0 Å². The molecule has 3 aromatic rings. The molecule has 96 valence electrons. The normalized spacial score (nSPS) is 10.6. The van der Waals surface area contributed by atoms with Gasteiger partial charge in [0, 0.05) is 11.8 Å². The lowest BCUT2D eigenvalue weighted by Gasteiger charge is -2.05. The molecule has 0 radical (unpaired) electrons. The van der Waals surface area contributed by atoms with Crippen LogP contribution in [0.1, 0.15) is 0 Å². The van der Waals surface area contributed by atoms with Gasteiger partial charge in [0.15, 0.2) is 11.6 Å². The number of imidazole rings is 1. The number of nitrogens with one attached hydrogen (secondary N) is 2. The zero-order chi connectivity index (χ0) is 13.2. The number of para-hydroxylation sites is 2. The molecule has 0 saturated heterocycles. The second-order valence-electron chi connectivity index (χ2n) is 4.08. The Labute approximate surface area is 109 Å². The van der Waals surface area contributed by atoms with Crippen LogP contribution in [0.3, 0.4) is 0 Å². The Morgan fingerprint density at radius 3 is 2.79 bits per heavy atom. The first kappa shape index (κ1) is 11.5. The highest BCUT2D eigenvalue weighted by molar-refractivity contribution is 5.78. The number of anilines is 2. The summed E-state index contributed by atoms with van der Waals surface area (Å²) >= 11 is 0. The number of hydrogen-bond donors (Lipinski definition) is 2. The largest absolute Gasteiger partial charge is 0.494 e. The van der Waals surface area contributed by atoms with Crippen LogP contribution in [-0.4, -0.2) is 17.1 Å². The highest BCUT2D eigenvalue weighted by Crippen LogP contribution is 2.23. The van der Waals surface area contributed by atoms with E-state index in [1.54, 1.807) is 12.1 Å². The van der Waals surface area contributed by atoms with Crippen LogP contribution in [0.4, 0.5) is 16.0 Å². The molecule has 4 nitrogen and oxygen atoms in total. The first-order valence-electron chi connectivity index (χ1n) is 5.81. The van der Waals surface area contributed by atoms with E-state index >= 15 is 0 Å².